The predicted molar refractivity (Wildman–Crippen MR) is 98.1 cm³/mol. The quantitative estimate of drug-likeness (QED) is 0.764. The molecule has 3 rings (SSSR count). The first-order valence-electron chi connectivity index (χ1n) is 8.04. The van der Waals surface area contributed by atoms with Crippen molar-refractivity contribution in [1.29, 1.82) is 0 Å². The monoisotopic (exact) mass is 350 g/mol. The van der Waals surface area contributed by atoms with Gasteiger partial charge in [0.2, 0.25) is 5.91 Å². The summed E-state index contributed by atoms with van der Waals surface area (Å²) in [5.41, 5.74) is 0.997. The molecule has 0 aliphatic heterocycles. The summed E-state index contributed by atoms with van der Waals surface area (Å²) in [5, 5.41) is 7.02. The SMILES string of the molecule is COc1cccc(-c2ccc(=O)n(C(C)C(=O)Nc3ccccn3)n2)c1. The number of nitrogens with one attached hydrogen (secondary N) is 1. The first-order chi connectivity index (χ1) is 12.6. The average molecular weight is 350 g/mol. The number of hydrogen-bond donors (Lipinski definition) is 1. The van der Waals surface area contributed by atoms with Crippen LogP contribution in [0.25, 0.3) is 11.3 Å². The second kappa shape index (κ2) is 7.60. The first kappa shape index (κ1) is 17.3. The van der Waals surface area contributed by atoms with Crippen molar-refractivity contribution < 1.29 is 9.53 Å². The highest BCUT2D eigenvalue weighted by molar-refractivity contribution is 5.92. The Bertz CT molecular complexity index is 970. The van der Waals surface area contributed by atoms with E-state index in [1.807, 2.05) is 24.3 Å². The molecule has 132 valence electrons. The van der Waals surface area contributed by atoms with Crippen molar-refractivity contribution >= 4 is 11.7 Å². The minimum absolute atomic E-state index is 0.361. The number of amides is 1. The van der Waals surface area contributed by atoms with E-state index in [4.69, 9.17) is 4.74 Å². The maximum Gasteiger partial charge on any atom is 0.267 e. The zero-order chi connectivity index (χ0) is 18.5. The summed E-state index contributed by atoms with van der Waals surface area (Å²) in [6, 6.07) is 14.7. The maximum atomic E-state index is 12.4. The van der Waals surface area contributed by atoms with E-state index in [0.29, 0.717) is 17.3 Å². The number of ether oxygens (including phenoxy) is 1. The Labute approximate surface area is 150 Å². The first-order valence-corrected chi connectivity index (χ1v) is 8.04. The van der Waals surface area contributed by atoms with E-state index in [0.717, 1.165) is 10.2 Å². The van der Waals surface area contributed by atoms with Crippen LogP contribution in [0.5, 0.6) is 5.75 Å². The highest BCUT2D eigenvalue weighted by atomic mass is 16.5. The summed E-state index contributed by atoms with van der Waals surface area (Å²) < 4.78 is 6.37. The molecule has 0 saturated heterocycles. The molecule has 0 bridgehead atoms. The van der Waals surface area contributed by atoms with E-state index < -0.39 is 6.04 Å². The van der Waals surface area contributed by atoms with Crippen LogP contribution in [0.1, 0.15) is 13.0 Å². The van der Waals surface area contributed by atoms with Gasteiger partial charge in [-0.3, -0.25) is 9.59 Å². The van der Waals surface area contributed by atoms with Gasteiger partial charge in [0.05, 0.1) is 12.8 Å². The van der Waals surface area contributed by atoms with E-state index in [1.54, 1.807) is 44.5 Å². The maximum absolute atomic E-state index is 12.4. The molecule has 26 heavy (non-hydrogen) atoms. The molecular formula is C19H18N4O3. The molecular weight excluding hydrogens is 332 g/mol. The van der Waals surface area contributed by atoms with Crippen LogP contribution in [0.3, 0.4) is 0 Å². The molecule has 1 atom stereocenters. The smallest absolute Gasteiger partial charge is 0.267 e. The Morgan fingerprint density at radius 3 is 2.73 bits per heavy atom. The lowest BCUT2D eigenvalue weighted by Crippen LogP contribution is -2.33. The summed E-state index contributed by atoms with van der Waals surface area (Å²) in [6.45, 7) is 1.61. The molecule has 0 fully saturated rings. The van der Waals surface area contributed by atoms with Crippen LogP contribution in [0.4, 0.5) is 5.82 Å². The summed E-state index contributed by atoms with van der Waals surface area (Å²) in [4.78, 5) is 28.7. The largest absolute Gasteiger partial charge is 0.497 e. The van der Waals surface area contributed by atoms with E-state index in [-0.39, 0.29) is 11.5 Å². The number of benzene rings is 1. The molecule has 3 aromatic rings. The fraction of sp³-hybridized carbons (Fsp3) is 0.158. The molecule has 1 amide bonds. The van der Waals surface area contributed by atoms with Gasteiger partial charge in [0.15, 0.2) is 0 Å². The molecule has 1 aromatic carbocycles. The molecule has 1 N–H and O–H groups in total. The number of hydrogen-bond acceptors (Lipinski definition) is 5. The molecule has 0 saturated carbocycles. The molecule has 7 heteroatoms. The predicted octanol–water partition coefficient (Wildman–Crippen LogP) is 2.51. The highest BCUT2D eigenvalue weighted by Crippen LogP contribution is 2.21. The molecule has 0 aliphatic rings. The molecule has 2 aromatic heterocycles. The lowest BCUT2D eigenvalue weighted by Gasteiger charge is -2.14. The highest BCUT2D eigenvalue weighted by Gasteiger charge is 2.18. The fourth-order valence-corrected chi connectivity index (χ4v) is 2.42. The second-order valence-electron chi connectivity index (χ2n) is 5.61. The van der Waals surface area contributed by atoms with Crippen molar-refractivity contribution in [3.8, 4) is 17.0 Å². The zero-order valence-electron chi connectivity index (χ0n) is 14.4. The number of methoxy groups -OCH3 is 1. The number of nitrogens with zero attached hydrogens (tertiary/aromatic N) is 3. The van der Waals surface area contributed by atoms with E-state index in [1.165, 1.54) is 6.07 Å². The van der Waals surface area contributed by atoms with Crippen LogP contribution in [-0.2, 0) is 4.79 Å². The topological polar surface area (TPSA) is 86.1 Å². The van der Waals surface area contributed by atoms with Crippen molar-refractivity contribution in [2.75, 3.05) is 12.4 Å². The van der Waals surface area contributed by atoms with Crippen molar-refractivity contribution in [2.45, 2.75) is 13.0 Å². The number of carbonyl (C=O) groups is 1. The number of rotatable bonds is 5. The van der Waals surface area contributed by atoms with Gasteiger partial charge in [-0.2, -0.15) is 5.10 Å². The molecule has 7 nitrogen and oxygen atoms in total. The Morgan fingerprint density at radius 1 is 1.15 bits per heavy atom. The lowest BCUT2D eigenvalue weighted by molar-refractivity contribution is -0.119. The van der Waals surface area contributed by atoms with Gasteiger partial charge < -0.3 is 10.1 Å². The Hall–Kier alpha value is -3.48. The summed E-state index contributed by atoms with van der Waals surface area (Å²) >= 11 is 0. The van der Waals surface area contributed by atoms with E-state index in [2.05, 4.69) is 15.4 Å². The van der Waals surface area contributed by atoms with Crippen LogP contribution < -0.4 is 15.6 Å². The van der Waals surface area contributed by atoms with Gasteiger partial charge in [0, 0.05) is 17.8 Å². The average Bonchev–Trinajstić information content (AvgIpc) is 2.68. The minimum Gasteiger partial charge on any atom is -0.497 e. The summed E-state index contributed by atoms with van der Waals surface area (Å²) in [5.74, 6) is 0.727. The number of carbonyl (C=O) groups excluding carboxylic acids is 1. The standard InChI is InChI=1S/C19H18N4O3/c1-13(19(25)21-17-8-3-4-11-20-17)23-18(24)10-9-16(22-23)14-6-5-7-15(12-14)26-2/h3-13H,1-2H3,(H,20,21,25). The molecule has 1 unspecified atom stereocenters. The van der Waals surface area contributed by atoms with Crippen molar-refractivity contribution in [2.24, 2.45) is 0 Å². The van der Waals surface area contributed by atoms with Gasteiger partial charge in [-0.1, -0.05) is 18.2 Å². The number of aromatic nitrogens is 3. The molecule has 0 spiro atoms. The van der Waals surface area contributed by atoms with E-state index >= 15 is 0 Å². The van der Waals surface area contributed by atoms with Crippen LogP contribution in [0.15, 0.2) is 65.6 Å². The molecule has 0 radical (unpaired) electrons. The van der Waals surface area contributed by atoms with Crippen LogP contribution in [-0.4, -0.2) is 27.8 Å². The third-order valence-corrected chi connectivity index (χ3v) is 3.85. The molecule has 2 heterocycles. The third-order valence-electron chi connectivity index (χ3n) is 3.85. The number of anilines is 1. The van der Waals surface area contributed by atoms with Gasteiger partial charge in [-0.25, -0.2) is 9.67 Å². The van der Waals surface area contributed by atoms with Gasteiger partial charge in [-0.15, -0.1) is 0 Å². The van der Waals surface area contributed by atoms with Crippen LogP contribution in [0, 0.1) is 0 Å². The summed E-state index contributed by atoms with van der Waals surface area (Å²) in [7, 11) is 1.58. The van der Waals surface area contributed by atoms with Gasteiger partial charge in [0.25, 0.3) is 5.56 Å². The van der Waals surface area contributed by atoms with Crippen LogP contribution >= 0.6 is 0 Å². The van der Waals surface area contributed by atoms with Gasteiger partial charge in [-0.05, 0) is 37.3 Å². The molecule has 0 aliphatic carbocycles. The number of pyridine rings is 1. The van der Waals surface area contributed by atoms with Crippen LogP contribution in [0.2, 0.25) is 0 Å². The van der Waals surface area contributed by atoms with Gasteiger partial charge in [0.1, 0.15) is 17.6 Å². The minimum atomic E-state index is -0.796. The van der Waals surface area contributed by atoms with Crippen molar-refractivity contribution in [3.05, 3.63) is 71.1 Å². The second-order valence-corrected chi connectivity index (χ2v) is 5.61. The van der Waals surface area contributed by atoms with Crippen molar-refractivity contribution in [3.63, 3.8) is 0 Å². The third kappa shape index (κ3) is 3.77. The normalized spacial score (nSPS) is 11.6. The fourth-order valence-electron chi connectivity index (χ4n) is 2.42. The van der Waals surface area contributed by atoms with Gasteiger partial charge >= 0.3 is 0 Å². The Morgan fingerprint density at radius 2 is 2.00 bits per heavy atom. The summed E-state index contributed by atoms with van der Waals surface area (Å²) in [6.07, 6.45) is 1.58. The Balaban J connectivity index is 1.89. The zero-order valence-corrected chi connectivity index (χ0v) is 14.4. The lowest BCUT2D eigenvalue weighted by atomic mass is 10.1. The van der Waals surface area contributed by atoms with E-state index in [9.17, 15) is 9.59 Å². The Kier molecular flexibility index (Phi) is 5.07. The van der Waals surface area contributed by atoms with Crippen molar-refractivity contribution in [1.82, 2.24) is 14.8 Å².